The molecule has 8 heteroatoms. The molecule has 0 saturated heterocycles. The third kappa shape index (κ3) is 4.74. The van der Waals surface area contributed by atoms with Gasteiger partial charge in [-0.25, -0.2) is 14.6 Å². The smallest absolute Gasteiger partial charge is 0.355 e. The van der Waals surface area contributed by atoms with Gasteiger partial charge in [-0.05, 0) is 57.9 Å². The molecule has 31 heavy (non-hydrogen) atoms. The average molecular weight is 424 g/mol. The summed E-state index contributed by atoms with van der Waals surface area (Å²) in [6.07, 6.45) is 0. The second kappa shape index (κ2) is 8.99. The van der Waals surface area contributed by atoms with E-state index in [2.05, 4.69) is 9.98 Å². The van der Waals surface area contributed by atoms with Gasteiger partial charge in [-0.1, -0.05) is 0 Å². The lowest BCUT2D eigenvalue weighted by Gasteiger charge is -2.07. The van der Waals surface area contributed by atoms with Crippen molar-refractivity contribution in [3.8, 4) is 5.75 Å². The van der Waals surface area contributed by atoms with Crippen LogP contribution in [0, 0.1) is 20.8 Å². The van der Waals surface area contributed by atoms with E-state index in [0.29, 0.717) is 33.9 Å². The van der Waals surface area contributed by atoms with E-state index in [-0.39, 0.29) is 13.2 Å². The molecule has 162 valence electrons. The lowest BCUT2D eigenvalue weighted by atomic mass is 10.1. The zero-order valence-electron chi connectivity index (χ0n) is 18.1. The van der Waals surface area contributed by atoms with Crippen LogP contribution in [0.1, 0.15) is 46.7 Å². The molecule has 0 aliphatic carbocycles. The van der Waals surface area contributed by atoms with Crippen molar-refractivity contribution >= 4 is 28.6 Å². The fourth-order valence-electron chi connectivity index (χ4n) is 3.52. The van der Waals surface area contributed by atoms with Crippen molar-refractivity contribution in [2.75, 3.05) is 13.2 Å². The number of esters is 1. The average Bonchev–Trinajstić information content (AvgIpc) is 3.00. The predicted octanol–water partition coefficient (Wildman–Crippen LogP) is 3.64. The summed E-state index contributed by atoms with van der Waals surface area (Å²) in [6, 6.07) is 6.46. The summed E-state index contributed by atoms with van der Waals surface area (Å²) in [5.74, 6) is -0.544. The first kappa shape index (κ1) is 22.0. The fourth-order valence-corrected chi connectivity index (χ4v) is 3.52. The molecular weight excluding hydrogens is 400 g/mol. The molecule has 0 aliphatic heterocycles. The molecule has 0 aliphatic rings. The summed E-state index contributed by atoms with van der Waals surface area (Å²) in [4.78, 5) is 43.1. The Balaban J connectivity index is 1.75. The Hall–Kier alpha value is -3.68. The molecule has 8 nitrogen and oxygen atoms in total. The summed E-state index contributed by atoms with van der Waals surface area (Å²) < 4.78 is 15.8. The van der Waals surface area contributed by atoms with Crippen molar-refractivity contribution in [1.29, 1.82) is 0 Å². The first-order valence-corrected chi connectivity index (χ1v) is 9.83. The molecule has 1 amide bonds. The summed E-state index contributed by atoms with van der Waals surface area (Å²) in [7, 11) is 0. The van der Waals surface area contributed by atoms with Gasteiger partial charge in [0.1, 0.15) is 17.0 Å². The molecule has 1 aromatic carbocycles. The molecule has 0 saturated carbocycles. The van der Waals surface area contributed by atoms with Gasteiger partial charge in [0.25, 0.3) is 5.91 Å². The minimum atomic E-state index is -0.485. The van der Waals surface area contributed by atoms with Gasteiger partial charge in [0.2, 0.25) is 0 Å². The number of nitrogens with zero attached hydrogens (tertiary/aromatic N) is 1. The molecule has 3 aromatic rings. The van der Waals surface area contributed by atoms with Crippen molar-refractivity contribution in [2.45, 2.75) is 34.6 Å². The summed E-state index contributed by atoms with van der Waals surface area (Å²) in [5.41, 5.74) is 3.64. The van der Waals surface area contributed by atoms with E-state index < -0.39 is 17.5 Å². The molecule has 0 unspecified atom stereocenters. The molecule has 0 fully saturated rings. The van der Waals surface area contributed by atoms with Gasteiger partial charge in [0, 0.05) is 28.8 Å². The van der Waals surface area contributed by atoms with Crippen LogP contribution < -0.4 is 10.4 Å². The highest BCUT2D eigenvalue weighted by molar-refractivity contribution is 6.08. The van der Waals surface area contributed by atoms with Gasteiger partial charge in [-0.3, -0.25) is 4.79 Å². The number of amides is 1. The zero-order chi connectivity index (χ0) is 22.7. The van der Waals surface area contributed by atoms with E-state index in [1.165, 1.54) is 6.07 Å². The van der Waals surface area contributed by atoms with Crippen molar-refractivity contribution in [3.05, 3.63) is 62.8 Å². The largest absolute Gasteiger partial charge is 0.484 e. The molecule has 0 atom stereocenters. The standard InChI is InChI=1S/C23H24N2O6/c1-6-29-23(28)22-13(3)21(15(5)25-22)14(4)24-19(26)11-30-16-7-8-17-12(2)9-20(27)31-18(17)10-16/h7-10,25H,6,11H2,1-5H3. The van der Waals surface area contributed by atoms with Crippen LogP contribution in [-0.2, 0) is 9.53 Å². The van der Waals surface area contributed by atoms with Gasteiger partial charge < -0.3 is 18.9 Å². The first-order valence-electron chi connectivity index (χ1n) is 9.83. The molecule has 3 rings (SSSR count). The number of nitrogens with one attached hydrogen (secondary N) is 1. The Morgan fingerprint density at radius 2 is 1.90 bits per heavy atom. The Morgan fingerprint density at radius 1 is 1.16 bits per heavy atom. The number of benzene rings is 1. The second-order valence-electron chi connectivity index (χ2n) is 7.13. The minimum absolute atomic E-state index is 0.270. The van der Waals surface area contributed by atoms with Crippen LogP contribution in [0.25, 0.3) is 11.0 Å². The highest BCUT2D eigenvalue weighted by Crippen LogP contribution is 2.23. The third-order valence-electron chi connectivity index (χ3n) is 4.86. The van der Waals surface area contributed by atoms with Crippen molar-refractivity contribution in [2.24, 2.45) is 4.99 Å². The van der Waals surface area contributed by atoms with Crippen molar-refractivity contribution < 1.29 is 23.5 Å². The highest BCUT2D eigenvalue weighted by Gasteiger charge is 2.20. The Bertz CT molecular complexity index is 1250. The summed E-state index contributed by atoms with van der Waals surface area (Å²) in [5, 5.41) is 0.794. The van der Waals surface area contributed by atoms with E-state index in [9.17, 15) is 14.4 Å². The van der Waals surface area contributed by atoms with Crippen LogP contribution in [0.3, 0.4) is 0 Å². The van der Waals surface area contributed by atoms with Gasteiger partial charge in [0.05, 0.1) is 12.3 Å². The number of carbonyl (C=O) groups excluding carboxylic acids is 2. The molecule has 0 radical (unpaired) electrons. The lowest BCUT2D eigenvalue weighted by Crippen LogP contribution is -2.12. The van der Waals surface area contributed by atoms with Gasteiger partial charge in [0.15, 0.2) is 6.61 Å². The number of hydrogen-bond acceptors (Lipinski definition) is 6. The second-order valence-corrected chi connectivity index (χ2v) is 7.13. The van der Waals surface area contributed by atoms with Gasteiger partial charge >= 0.3 is 11.6 Å². The zero-order valence-corrected chi connectivity index (χ0v) is 18.1. The predicted molar refractivity (Wildman–Crippen MR) is 116 cm³/mol. The number of aromatic nitrogens is 1. The van der Waals surface area contributed by atoms with Gasteiger partial charge in [-0.15, -0.1) is 0 Å². The van der Waals surface area contributed by atoms with Crippen molar-refractivity contribution in [1.82, 2.24) is 4.98 Å². The molecule has 0 spiro atoms. The molecular formula is C23H24N2O6. The fraction of sp³-hybridized carbons (Fsp3) is 0.304. The normalized spacial score (nSPS) is 11.6. The summed E-state index contributed by atoms with van der Waals surface area (Å²) in [6.45, 7) is 8.81. The Kier molecular flexibility index (Phi) is 6.39. The van der Waals surface area contributed by atoms with Gasteiger partial charge in [-0.2, -0.15) is 0 Å². The first-order chi connectivity index (χ1) is 14.7. The Morgan fingerprint density at radius 3 is 2.61 bits per heavy atom. The monoisotopic (exact) mass is 424 g/mol. The molecule has 2 heterocycles. The number of carbonyl (C=O) groups is 2. The third-order valence-corrected chi connectivity index (χ3v) is 4.86. The van der Waals surface area contributed by atoms with E-state index in [4.69, 9.17) is 13.9 Å². The van der Waals surface area contributed by atoms with E-state index in [1.54, 1.807) is 45.9 Å². The number of hydrogen-bond donors (Lipinski definition) is 1. The number of rotatable bonds is 6. The number of aryl methyl sites for hydroxylation is 2. The maximum Gasteiger partial charge on any atom is 0.355 e. The quantitative estimate of drug-likeness (QED) is 0.367. The topological polar surface area (TPSA) is 111 Å². The van der Waals surface area contributed by atoms with E-state index in [1.807, 2.05) is 6.92 Å². The SMILES string of the molecule is CCOC(=O)c1[nH]c(C)c(C(C)=NC(=O)COc2ccc3c(C)cc(=O)oc3c2)c1C. The van der Waals surface area contributed by atoms with Crippen LogP contribution in [0.5, 0.6) is 5.75 Å². The van der Waals surface area contributed by atoms with Crippen molar-refractivity contribution in [3.63, 3.8) is 0 Å². The Labute approximate surface area is 178 Å². The van der Waals surface area contributed by atoms with E-state index in [0.717, 1.165) is 16.6 Å². The molecule has 0 bridgehead atoms. The minimum Gasteiger partial charge on any atom is -0.484 e. The van der Waals surface area contributed by atoms with E-state index >= 15 is 0 Å². The summed E-state index contributed by atoms with van der Waals surface area (Å²) >= 11 is 0. The van der Waals surface area contributed by atoms with Crippen LogP contribution >= 0.6 is 0 Å². The number of ether oxygens (including phenoxy) is 2. The number of aliphatic imine (C=N–C) groups is 1. The van der Waals surface area contributed by atoms with Crippen LogP contribution in [0.15, 0.2) is 38.5 Å². The van der Waals surface area contributed by atoms with Crippen LogP contribution in [-0.4, -0.2) is 35.8 Å². The maximum absolute atomic E-state index is 12.3. The number of aromatic amines is 1. The highest BCUT2D eigenvalue weighted by atomic mass is 16.5. The molecule has 2 aromatic heterocycles. The molecule has 1 N–H and O–H groups in total. The maximum atomic E-state index is 12.3. The van der Waals surface area contributed by atoms with Crippen LogP contribution in [0.2, 0.25) is 0 Å². The van der Waals surface area contributed by atoms with Crippen LogP contribution in [0.4, 0.5) is 0 Å². The number of H-pyrrole nitrogens is 1. The lowest BCUT2D eigenvalue weighted by molar-refractivity contribution is -0.119. The number of fused-ring (bicyclic) bond motifs is 1.